The fourth-order valence-electron chi connectivity index (χ4n) is 3.76. The third-order valence-corrected chi connectivity index (χ3v) is 5.71. The lowest BCUT2D eigenvalue weighted by molar-refractivity contribution is -0.156. The standard InChI is InChI=1S/C25H50O4/c1-3-5-7-9-11-13-15-17-19-24(23(27)21-22-26)29-25(28)20-18-16-14-12-10-8-6-4-2/h23-24,26-27H,3-22H2,1-2H3/t23-,24?/m1/s1. The largest absolute Gasteiger partial charge is 0.460 e. The third-order valence-electron chi connectivity index (χ3n) is 5.71. The van der Waals surface area contributed by atoms with Gasteiger partial charge in [0.15, 0.2) is 0 Å². The van der Waals surface area contributed by atoms with Crippen molar-refractivity contribution in [3.8, 4) is 0 Å². The Balaban J connectivity index is 3.92. The molecule has 0 spiro atoms. The van der Waals surface area contributed by atoms with Crippen LogP contribution in [0.25, 0.3) is 0 Å². The fraction of sp³-hybridized carbons (Fsp3) is 0.960. The summed E-state index contributed by atoms with van der Waals surface area (Å²) in [4.78, 5) is 12.2. The molecule has 0 aliphatic carbocycles. The molecule has 0 aliphatic heterocycles. The number of carbonyl (C=O) groups is 1. The van der Waals surface area contributed by atoms with Gasteiger partial charge in [0.2, 0.25) is 0 Å². The molecule has 0 aromatic heterocycles. The summed E-state index contributed by atoms with van der Waals surface area (Å²) in [6, 6.07) is 0. The van der Waals surface area contributed by atoms with Gasteiger partial charge in [-0.1, -0.05) is 104 Å². The normalized spacial score (nSPS) is 13.4. The highest BCUT2D eigenvalue weighted by atomic mass is 16.6. The summed E-state index contributed by atoms with van der Waals surface area (Å²) in [5, 5.41) is 19.3. The zero-order valence-electron chi connectivity index (χ0n) is 19.5. The minimum atomic E-state index is -0.757. The molecule has 0 bridgehead atoms. The van der Waals surface area contributed by atoms with Crippen molar-refractivity contribution in [1.82, 2.24) is 0 Å². The second-order valence-electron chi connectivity index (χ2n) is 8.60. The first kappa shape index (κ1) is 28.4. The van der Waals surface area contributed by atoms with Crippen LogP contribution in [0.1, 0.15) is 136 Å². The second kappa shape index (κ2) is 22.1. The lowest BCUT2D eigenvalue weighted by atomic mass is 10.0. The zero-order valence-corrected chi connectivity index (χ0v) is 19.5. The Morgan fingerprint density at radius 2 is 1.14 bits per heavy atom. The summed E-state index contributed by atoms with van der Waals surface area (Å²) in [5.41, 5.74) is 0. The number of unbranched alkanes of at least 4 members (excludes halogenated alkanes) is 14. The number of hydrogen-bond acceptors (Lipinski definition) is 4. The summed E-state index contributed by atoms with van der Waals surface area (Å²) in [7, 11) is 0. The fourth-order valence-corrected chi connectivity index (χ4v) is 3.76. The van der Waals surface area contributed by atoms with Crippen LogP contribution in [0.15, 0.2) is 0 Å². The molecule has 2 N–H and O–H groups in total. The maximum atomic E-state index is 12.2. The number of aliphatic hydroxyl groups excluding tert-OH is 2. The van der Waals surface area contributed by atoms with Crippen LogP contribution < -0.4 is 0 Å². The van der Waals surface area contributed by atoms with Crippen LogP contribution >= 0.6 is 0 Å². The van der Waals surface area contributed by atoms with Gasteiger partial charge in [-0.05, 0) is 19.3 Å². The van der Waals surface area contributed by atoms with E-state index in [9.17, 15) is 9.90 Å². The first-order valence-corrected chi connectivity index (χ1v) is 12.6. The topological polar surface area (TPSA) is 66.8 Å². The monoisotopic (exact) mass is 414 g/mol. The van der Waals surface area contributed by atoms with E-state index in [0.717, 1.165) is 25.7 Å². The molecule has 0 aromatic rings. The highest BCUT2D eigenvalue weighted by Crippen LogP contribution is 2.17. The average Bonchev–Trinajstić information content (AvgIpc) is 2.71. The van der Waals surface area contributed by atoms with Crippen LogP contribution in [0.5, 0.6) is 0 Å². The molecule has 0 heterocycles. The van der Waals surface area contributed by atoms with E-state index >= 15 is 0 Å². The van der Waals surface area contributed by atoms with Gasteiger partial charge in [-0.3, -0.25) is 4.79 Å². The Kier molecular flexibility index (Phi) is 21.6. The molecule has 0 fully saturated rings. The van der Waals surface area contributed by atoms with Crippen molar-refractivity contribution >= 4 is 5.97 Å². The molecular weight excluding hydrogens is 364 g/mol. The summed E-state index contributed by atoms with van der Waals surface area (Å²) in [5.74, 6) is -0.197. The highest BCUT2D eigenvalue weighted by molar-refractivity contribution is 5.69. The van der Waals surface area contributed by atoms with Crippen molar-refractivity contribution < 1.29 is 19.7 Å². The van der Waals surface area contributed by atoms with E-state index < -0.39 is 12.2 Å². The Labute approximate surface area is 180 Å². The van der Waals surface area contributed by atoms with Gasteiger partial charge in [0.1, 0.15) is 6.10 Å². The zero-order chi connectivity index (χ0) is 21.6. The van der Waals surface area contributed by atoms with Crippen LogP contribution in [0, 0.1) is 0 Å². The minimum absolute atomic E-state index is 0.0787. The number of ether oxygens (including phenoxy) is 1. The summed E-state index contributed by atoms with van der Waals surface area (Å²) in [6.07, 6.45) is 19.5. The predicted octanol–water partition coefficient (Wildman–Crippen LogP) is 6.70. The summed E-state index contributed by atoms with van der Waals surface area (Å²) < 4.78 is 5.58. The van der Waals surface area contributed by atoms with Gasteiger partial charge in [0.25, 0.3) is 0 Å². The van der Waals surface area contributed by atoms with Gasteiger partial charge in [-0.2, -0.15) is 0 Å². The lowest BCUT2D eigenvalue weighted by Crippen LogP contribution is -2.32. The molecule has 174 valence electrons. The Hall–Kier alpha value is -0.610. The maximum absolute atomic E-state index is 12.2. The molecule has 0 radical (unpaired) electrons. The van der Waals surface area contributed by atoms with Crippen molar-refractivity contribution in [2.45, 2.75) is 148 Å². The SMILES string of the molecule is CCCCCCCCCCC(=O)OC(CCCCCCCCCC)[C@H](O)CCO. The van der Waals surface area contributed by atoms with E-state index in [2.05, 4.69) is 13.8 Å². The summed E-state index contributed by atoms with van der Waals surface area (Å²) in [6.45, 7) is 4.38. The van der Waals surface area contributed by atoms with Crippen LogP contribution in [0.4, 0.5) is 0 Å². The molecule has 4 nitrogen and oxygen atoms in total. The van der Waals surface area contributed by atoms with Gasteiger partial charge < -0.3 is 14.9 Å². The molecular formula is C25H50O4. The Morgan fingerprint density at radius 3 is 1.62 bits per heavy atom. The smallest absolute Gasteiger partial charge is 0.306 e. The molecule has 2 atom stereocenters. The first-order chi connectivity index (χ1) is 14.2. The van der Waals surface area contributed by atoms with Crippen LogP contribution in [0.3, 0.4) is 0 Å². The molecule has 1 unspecified atom stereocenters. The quantitative estimate of drug-likeness (QED) is 0.153. The molecule has 0 aromatic carbocycles. The van der Waals surface area contributed by atoms with Gasteiger partial charge in [0.05, 0.1) is 6.10 Å². The highest BCUT2D eigenvalue weighted by Gasteiger charge is 2.22. The lowest BCUT2D eigenvalue weighted by Gasteiger charge is -2.23. The number of rotatable bonds is 22. The van der Waals surface area contributed by atoms with Gasteiger partial charge in [0, 0.05) is 19.4 Å². The summed E-state index contributed by atoms with van der Waals surface area (Å²) >= 11 is 0. The molecule has 0 saturated heterocycles. The number of hydrogen-bond donors (Lipinski definition) is 2. The Bertz CT molecular complexity index is 346. The van der Waals surface area contributed by atoms with E-state index in [1.54, 1.807) is 0 Å². The number of aliphatic hydroxyl groups is 2. The van der Waals surface area contributed by atoms with Crippen molar-refractivity contribution in [3.63, 3.8) is 0 Å². The first-order valence-electron chi connectivity index (χ1n) is 12.6. The van der Waals surface area contributed by atoms with Crippen molar-refractivity contribution in [1.29, 1.82) is 0 Å². The van der Waals surface area contributed by atoms with E-state index in [-0.39, 0.29) is 19.0 Å². The average molecular weight is 415 g/mol. The number of esters is 1. The minimum Gasteiger partial charge on any atom is -0.460 e. The van der Waals surface area contributed by atoms with Crippen LogP contribution in [0.2, 0.25) is 0 Å². The van der Waals surface area contributed by atoms with E-state index in [1.807, 2.05) is 0 Å². The molecule has 0 saturated carbocycles. The van der Waals surface area contributed by atoms with Crippen LogP contribution in [-0.4, -0.2) is 35.0 Å². The van der Waals surface area contributed by atoms with Gasteiger partial charge in [-0.25, -0.2) is 0 Å². The van der Waals surface area contributed by atoms with Crippen molar-refractivity contribution in [2.75, 3.05) is 6.61 Å². The van der Waals surface area contributed by atoms with Gasteiger partial charge >= 0.3 is 5.97 Å². The Morgan fingerprint density at radius 1 is 0.690 bits per heavy atom. The van der Waals surface area contributed by atoms with Crippen molar-refractivity contribution in [3.05, 3.63) is 0 Å². The molecule has 29 heavy (non-hydrogen) atoms. The van der Waals surface area contributed by atoms with E-state index in [0.29, 0.717) is 12.8 Å². The number of carbonyl (C=O) groups excluding carboxylic acids is 1. The maximum Gasteiger partial charge on any atom is 0.306 e. The van der Waals surface area contributed by atoms with E-state index in [1.165, 1.54) is 77.0 Å². The third kappa shape index (κ3) is 19.1. The second-order valence-corrected chi connectivity index (χ2v) is 8.60. The van der Waals surface area contributed by atoms with Gasteiger partial charge in [-0.15, -0.1) is 0 Å². The molecule has 4 heteroatoms. The molecule has 0 rings (SSSR count). The van der Waals surface area contributed by atoms with E-state index in [4.69, 9.17) is 9.84 Å². The van der Waals surface area contributed by atoms with Crippen LogP contribution in [-0.2, 0) is 9.53 Å². The molecule has 0 amide bonds. The van der Waals surface area contributed by atoms with Crippen molar-refractivity contribution in [2.24, 2.45) is 0 Å². The predicted molar refractivity (Wildman–Crippen MR) is 122 cm³/mol. The molecule has 0 aliphatic rings.